The molecule has 1 unspecified atom stereocenters. The second-order valence-corrected chi connectivity index (χ2v) is 5.72. The van der Waals surface area contributed by atoms with Crippen molar-refractivity contribution in [1.82, 2.24) is 4.98 Å². The van der Waals surface area contributed by atoms with Crippen LogP contribution in [0.3, 0.4) is 0 Å². The minimum atomic E-state index is -1.01. The number of hydrogen-bond donors (Lipinski definition) is 2. The number of rotatable bonds is 2. The van der Waals surface area contributed by atoms with E-state index in [1.54, 1.807) is 0 Å². The van der Waals surface area contributed by atoms with Crippen LogP contribution in [0.4, 0.5) is 5.13 Å². The van der Waals surface area contributed by atoms with Gasteiger partial charge in [-0.15, -0.1) is 11.3 Å². The molecular formula is C10H16N2O2S. The number of carbonyl (C=O) groups is 1. The van der Waals surface area contributed by atoms with E-state index >= 15 is 0 Å². The third-order valence-electron chi connectivity index (χ3n) is 2.56. The maximum Gasteiger partial charge on any atom is 0.355 e. The predicted molar refractivity (Wildman–Crippen MR) is 61.4 cm³/mol. The molecule has 0 spiro atoms. The summed E-state index contributed by atoms with van der Waals surface area (Å²) in [5.41, 5.74) is 5.64. The minimum Gasteiger partial charge on any atom is -0.476 e. The fourth-order valence-corrected chi connectivity index (χ4v) is 2.31. The first-order valence-electron chi connectivity index (χ1n) is 4.73. The monoisotopic (exact) mass is 228 g/mol. The van der Waals surface area contributed by atoms with Gasteiger partial charge in [0.05, 0.1) is 0 Å². The van der Waals surface area contributed by atoms with Crippen molar-refractivity contribution in [2.75, 3.05) is 5.73 Å². The molecule has 84 valence electrons. The molecule has 0 saturated carbocycles. The Morgan fingerprint density at radius 2 is 2.07 bits per heavy atom. The first kappa shape index (κ1) is 12.0. The van der Waals surface area contributed by atoms with Gasteiger partial charge in [-0.1, -0.05) is 27.7 Å². The first-order valence-corrected chi connectivity index (χ1v) is 5.54. The van der Waals surface area contributed by atoms with Gasteiger partial charge in [-0.3, -0.25) is 0 Å². The second-order valence-electron chi connectivity index (χ2n) is 4.66. The molecule has 1 heterocycles. The van der Waals surface area contributed by atoms with Gasteiger partial charge < -0.3 is 10.8 Å². The highest BCUT2D eigenvalue weighted by Gasteiger charge is 2.29. The second kappa shape index (κ2) is 3.81. The van der Waals surface area contributed by atoms with Crippen molar-refractivity contribution in [1.29, 1.82) is 0 Å². The van der Waals surface area contributed by atoms with E-state index in [1.165, 1.54) is 11.3 Å². The minimum absolute atomic E-state index is 0.00315. The number of anilines is 1. The van der Waals surface area contributed by atoms with Crippen LogP contribution in [-0.2, 0) is 0 Å². The summed E-state index contributed by atoms with van der Waals surface area (Å²) in [5.74, 6) is -0.882. The number of nitrogens with zero attached hydrogens (tertiary/aromatic N) is 1. The lowest BCUT2D eigenvalue weighted by Gasteiger charge is -2.26. The summed E-state index contributed by atoms with van der Waals surface area (Å²) in [4.78, 5) is 15.6. The van der Waals surface area contributed by atoms with Crippen molar-refractivity contribution in [3.05, 3.63) is 10.6 Å². The van der Waals surface area contributed by atoms with E-state index in [2.05, 4.69) is 25.8 Å². The van der Waals surface area contributed by atoms with Gasteiger partial charge in [0.25, 0.3) is 0 Å². The van der Waals surface area contributed by atoms with Crippen molar-refractivity contribution >= 4 is 22.4 Å². The summed E-state index contributed by atoms with van der Waals surface area (Å²) < 4.78 is 0. The van der Waals surface area contributed by atoms with Crippen LogP contribution >= 0.6 is 11.3 Å². The van der Waals surface area contributed by atoms with E-state index in [9.17, 15) is 4.79 Å². The van der Waals surface area contributed by atoms with Gasteiger partial charge in [0.1, 0.15) is 0 Å². The van der Waals surface area contributed by atoms with Crippen LogP contribution in [-0.4, -0.2) is 16.1 Å². The first-order chi connectivity index (χ1) is 6.73. The summed E-state index contributed by atoms with van der Waals surface area (Å²) in [7, 11) is 0. The maximum absolute atomic E-state index is 11.0. The average molecular weight is 228 g/mol. The highest BCUT2D eigenvalue weighted by atomic mass is 32.1. The van der Waals surface area contributed by atoms with E-state index in [4.69, 9.17) is 10.8 Å². The van der Waals surface area contributed by atoms with Crippen LogP contribution in [0.2, 0.25) is 0 Å². The molecule has 1 aromatic rings. The molecule has 1 aromatic heterocycles. The Labute approximate surface area is 93.1 Å². The molecule has 0 fully saturated rings. The van der Waals surface area contributed by atoms with Crippen LogP contribution in [0, 0.1) is 5.41 Å². The number of aromatic carboxylic acids is 1. The van der Waals surface area contributed by atoms with E-state index < -0.39 is 5.97 Å². The Kier molecular flexibility index (Phi) is 3.04. The van der Waals surface area contributed by atoms with Crippen molar-refractivity contribution in [3.63, 3.8) is 0 Å². The number of aromatic nitrogens is 1. The zero-order chi connectivity index (χ0) is 11.8. The van der Waals surface area contributed by atoms with E-state index in [-0.39, 0.29) is 17.0 Å². The molecule has 0 aliphatic heterocycles. The topological polar surface area (TPSA) is 76.2 Å². The average Bonchev–Trinajstić information content (AvgIpc) is 2.44. The standard InChI is InChI=1S/C10H16N2O2S/c1-5(10(2,3)4)7-6(8(13)14)12-9(11)15-7/h5H,1-4H3,(H2,11,12)(H,13,14). The summed E-state index contributed by atoms with van der Waals surface area (Å²) >= 11 is 1.26. The number of carboxylic acid groups (broad SMARTS) is 1. The Morgan fingerprint density at radius 3 is 2.47 bits per heavy atom. The molecule has 0 amide bonds. The van der Waals surface area contributed by atoms with Gasteiger partial charge in [-0.2, -0.15) is 0 Å². The zero-order valence-corrected chi connectivity index (χ0v) is 10.2. The normalized spacial score (nSPS) is 13.9. The molecule has 5 heteroatoms. The molecule has 0 saturated heterocycles. The Hall–Kier alpha value is -1.10. The highest BCUT2D eigenvalue weighted by molar-refractivity contribution is 7.15. The van der Waals surface area contributed by atoms with Crippen LogP contribution in [0.5, 0.6) is 0 Å². The Balaban J connectivity index is 3.19. The number of nitrogens with two attached hydrogens (primary N) is 1. The SMILES string of the molecule is CC(c1sc(N)nc1C(=O)O)C(C)(C)C. The summed E-state index contributed by atoms with van der Waals surface area (Å²) in [5, 5.41) is 9.30. The molecule has 1 atom stereocenters. The highest BCUT2D eigenvalue weighted by Crippen LogP contribution is 2.39. The summed E-state index contributed by atoms with van der Waals surface area (Å²) in [6.45, 7) is 8.21. The van der Waals surface area contributed by atoms with Crippen LogP contribution in [0.25, 0.3) is 0 Å². The fourth-order valence-electron chi connectivity index (χ4n) is 1.19. The van der Waals surface area contributed by atoms with Gasteiger partial charge in [0.2, 0.25) is 0 Å². The smallest absolute Gasteiger partial charge is 0.355 e. The number of carboxylic acids is 1. The Morgan fingerprint density at radius 1 is 1.53 bits per heavy atom. The van der Waals surface area contributed by atoms with Gasteiger partial charge in [-0.25, -0.2) is 9.78 Å². The van der Waals surface area contributed by atoms with Gasteiger partial charge in [-0.05, 0) is 11.3 Å². The quantitative estimate of drug-likeness (QED) is 0.815. The Bertz CT molecular complexity index is 379. The van der Waals surface area contributed by atoms with E-state index in [1.807, 2.05) is 6.92 Å². The maximum atomic E-state index is 11.0. The van der Waals surface area contributed by atoms with Crippen LogP contribution in [0.1, 0.15) is 49.0 Å². The predicted octanol–water partition coefficient (Wildman–Crippen LogP) is 2.57. The molecule has 0 aromatic carbocycles. The van der Waals surface area contributed by atoms with Gasteiger partial charge in [0, 0.05) is 4.88 Å². The molecule has 15 heavy (non-hydrogen) atoms. The molecule has 0 aliphatic carbocycles. The molecule has 0 radical (unpaired) electrons. The van der Waals surface area contributed by atoms with Crippen molar-refractivity contribution in [2.45, 2.75) is 33.6 Å². The van der Waals surface area contributed by atoms with Gasteiger partial charge >= 0.3 is 5.97 Å². The number of thiazole rings is 1. The fraction of sp³-hybridized carbons (Fsp3) is 0.600. The summed E-state index contributed by atoms with van der Waals surface area (Å²) in [6, 6.07) is 0. The van der Waals surface area contributed by atoms with E-state index in [0.717, 1.165) is 4.88 Å². The molecule has 1 rings (SSSR count). The van der Waals surface area contributed by atoms with Crippen molar-refractivity contribution in [3.8, 4) is 0 Å². The number of nitrogen functional groups attached to an aromatic ring is 1. The lowest BCUT2D eigenvalue weighted by atomic mass is 9.81. The zero-order valence-electron chi connectivity index (χ0n) is 9.37. The molecule has 4 nitrogen and oxygen atoms in total. The van der Waals surface area contributed by atoms with E-state index in [0.29, 0.717) is 5.13 Å². The molecule has 0 aliphatic rings. The van der Waals surface area contributed by atoms with Crippen LogP contribution in [0.15, 0.2) is 0 Å². The third kappa shape index (κ3) is 2.47. The third-order valence-corrected chi connectivity index (χ3v) is 3.63. The summed E-state index contributed by atoms with van der Waals surface area (Å²) in [6.07, 6.45) is 0. The molecular weight excluding hydrogens is 212 g/mol. The molecule has 0 bridgehead atoms. The molecule has 3 N–H and O–H groups in total. The van der Waals surface area contributed by atoms with Crippen molar-refractivity contribution in [2.24, 2.45) is 5.41 Å². The lowest BCUT2D eigenvalue weighted by molar-refractivity contribution is 0.0689. The van der Waals surface area contributed by atoms with Crippen LogP contribution < -0.4 is 5.73 Å². The largest absolute Gasteiger partial charge is 0.476 e. The van der Waals surface area contributed by atoms with Gasteiger partial charge in [0.15, 0.2) is 10.8 Å². The number of hydrogen-bond acceptors (Lipinski definition) is 4. The lowest BCUT2D eigenvalue weighted by Crippen LogP contribution is -2.16. The van der Waals surface area contributed by atoms with Crippen molar-refractivity contribution < 1.29 is 9.90 Å².